The number of thiazole rings is 1. The molecular formula is C16H12BrN3O2S2. The van der Waals surface area contributed by atoms with E-state index in [0.29, 0.717) is 17.1 Å². The third-order valence-corrected chi connectivity index (χ3v) is 5.11. The van der Waals surface area contributed by atoms with Crippen molar-refractivity contribution < 1.29 is 9.59 Å². The number of hydrogen-bond donors (Lipinski definition) is 2. The third-order valence-electron chi connectivity index (χ3n) is 3.05. The van der Waals surface area contributed by atoms with E-state index in [1.54, 1.807) is 34.9 Å². The van der Waals surface area contributed by atoms with Crippen molar-refractivity contribution in [3.8, 4) is 10.6 Å². The number of amides is 2. The van der Waals surface area contributed by atoms with Gasteiger partial charge in [0.05, 0.1) is 11.4 Å². The second-order valence-corrected chi connectivity index (χ2v) is 7.43. The summed E-state index contributed by atoms with van der Waals surface area (Å²) >= 11 is 6.37. The average Bonchev–Trinajstić information content (AvgIpc) is 3.19. The van der Waals surface area contributed by atoms with Crippen molar-refractivity contribution in [2.75, 3.05) is 10.6 Å². The van der Waals surface area contributed by atoms with Crippen LogP contribution in [0.25, 0.3) is 10.6 Å². The number of anilines is 2. The number of benzene rings is 1. The zero-order valence-corrected chi connectivity index (χ0v) is 15.7. The molecule has 0 aliphatic carbocycles. The third kappa shape index (κ3) is 3.89. The monoisotopic (exact) mass is 421 g/mol. The minimum absolute atomic E-state index is 0.207. The minimum Gasteiger partial charge on any atom is -0.325 e. The molecular weight excluding hydrogens is 410 g/mol. The summed E-state index contributed by atoms with van der Waals surface area (Å²) in [5.74, 6) is -0.529. The molecule has 0 saturated carbocycles. The maximum absolute atomic E-state index is 12.5. The van der Waals surface area contributed by atoms with Gasteiger partial charge >= 0.3 is 0 Å². The number of nitrogens with one attached hydrogen (secondary N) is 2. The number of aromatic nitrogens is 1. The Morgan fingerprint density at radius 1 is 1.12 bits per heavy atom. The molecule has 1 aromatic carbocycles. The molecule has 0 unspecified atom stereocenters. The van der Waals surface area contributed by atoms with E-state index in [2.05, 4.69) is 31.5 Å². The van der Waals surface area contributed by atoms with Crippen molar-refractivity contribution >= 4 is 61.8 Å². The molecule has 122 valence electrons. The molecule has 3 rings (SSSR count). The van der Waals surface area contributed by atoms with Gasteiger partial charge in [-0.25, -0.2) is 4.98 Å². The molecule has 0 aliphatic heterocycles. The van der Waals surface area contributed by atoms with Crippen LogP contribution in [0.1, 0.15) is 17.4 Å². The van der Waals surface area contributed by atoms with E-state index < -0.39 is 0 Å². The Kier molecular flexibility index (Phi) is 5.08. The van der Waals surface area contributed by atoms with Gasteiger partial charge in [-0.15, -0.1) is 11.3 Å². The zero-order valence-electron chi connectivity index (χ0n) is 12.5. The SMILES string of the molecule is CC(=O)Nc1ccc(Br)cc1NC(=O)c1csc(-c2ccsc2)n1. The summed E-state index contributed by atoms with van der Waals surface area (Å²) in [6, 6.07) is 7.21. The highest BCUT2D eigenvalue weighted by Crippen LogP contribution is 2.28. The van der Waals surface area contributed by atoms with Gasteiger partial charge in [0.2, 0.25) is 5.91 Å². The molecule has 0 bridgehead atoms. The van der Waals surface area contributed by atoms with Crippen LogP contribution in [0.5, 0.6) is 0 Å². The second-order valence-electron chi connectivity index (χ2n) is 4.88. The van der Waals surface area contributed by atoms with Crippen LogP contribution in [0.4, 0.5) is 11.4 Å². The van der Waals surface area contributed by atoms with Gasteiger partial charge < -0.3 is 10.6 Å². The van der Waals surface area contributed by atoms with Crippen LogP contribution in [0.2, 0.25) is 0 Å². The van der Waals surface area contributed by atoms with E-state index in [-0.39, 0.29) is 11.8 Å². The van der Waals surface area contributed by atoms with Gasteiger partial charge in [0.15, 0.2) is 0 Å². The molecule has 2 amide bonds. The van der Waals surface area contributed by atoms with E-state index in [4.69, 9.17) is 0 Å². The molecule has 8 heteroatoms. The molecule has 0 atom stereocenters. The standard InChI is InChI=1S/C16H12BrN3O2S2/c1-9(21)18-12-3-2-11(17)6-13(12)19-15(22)14-8-24-16(20-14)10-4-5-23-7-10/h2-8H,1H3,(H,18,21)(H,19,22). The van der Waals surface area contributed by atoms with E-state index in [9.17, 15) is 9.59 Å². The molecule has 3 aromatic rings. The highest BCUT2D eigenvalue weighted by Gasteiger charge is 2.14. The first-order chi connectivity index (χ1) is 11.5. The molecule has 0 fully saturated rings. The molecule has 2 aromatic heterocycles. The van der Waals surface area contributed by atoms with Crippen molar-refractivity contribution in [1.82, 2.24) is 4.98 Å². The Hall–Kier alpha value is -2.03. The van der Waals surface area contributed by atoms with Gasteiger partial charge in [0.1, 0.15) is 10.7 Å². The molecule has 24 heavy (non-hydrogen) atoms. The van der Waals surface area contributed by atoms with Gasteiger partial charge in [-0.05, 0) is 29.6 Å². The summed E-state index contributed by atoms with van der Waals surface area (Å²) in [7, 11) is 0. The molecule has 0 aliphatic rings. The molecule has 2 heterocycles. The van der Waals surface area contributed by atoms with E-state index >= 15 is 0 Å². The maximum Gasteiger partial charge on any atom is 0.275 e. The number of rotatable bonds is 4. The first-order valence-electron chi connectivity index (χ1n) is 6.89. The smallest absolute Gasteiger partial charge is 0.275 e. The Morgan fingerprint density at radius 2 is 1.96 bits per heavy atom. The van der Waals surface area contributed by atoms with Crippen LogP contribution in [-0.4, -0.2) is 16.8 Å². The summed E-state index contributed by atoms with van der Waals surface area (Å²) in [4.78, 5) is 28.1. The normalized spacial score (nSPS) is 10.4. The van der Waals surface area contributed by atoms with E-state index in [1.165, 1.54) is 18.3 Å². The minimum atomic E-state index is -0.322. The van der Waals surface area contributed by atoms with Gasteiger partial charge in [-0.3, -0.25) is 9.59 Å². The van der Waals surface area contributed by atoms with Crippen molar-refractivity contribution in [3.05, 3.63) is 50.6 Å². The lowest BCUT2D eigenvalue weighted by Crippen LogP contribution is -2.15. The van der Waals surface area contributed by atoms with Crippen molar-refractivity contribution in [3.63, 3.8) is 0 Å². The van der Waals surface area contributed by atoms with Crippen LogP contribution in [0.15, 0.2) is 44.9 Å². The predicted octanol–water partition coefficient (Wildman–Crippen LogP) is 4.84. The quantitative estimate of drug-likeness (QED) is 0.632. The topological polar surface area (TPSA) is 71.1 Å². The Morgan fingerprint density at radius 3 is 2.67 bits per heavy atom. The maximum atomic E-state index is 12.5. The number of thiophene rings is 1. The summed E-state index contributed by atoms with van der Waals surface area (Å²) in [5, 5.41) is 12.0. The summed E-state index contributed by atoms with van der Waals surface area (Å²) in [6.07, 6.45) is 0. The molecule has 2 N–H and O–H groups in total. The van der Waals surface area contributed by atoms with Gasteiger partial charge in [-0.2, -0.15) is 11.3 Å². The Balaban J connectivity index is 1.82. The summed E-state index contributed by atoms with van der Waals surface area (Å²) in [5.41, 5.74) is 2.39. The second kappa shape index (κ2) is 7.25. The van der Waals surface area contributed by atoms with Crippen LogP contribution < -0.4 is 10.6 Å². The summed E-state index contributed by atoms with van der Waals surface area (Å²) in [6.45, 7) is 1.42. The van der Waals surface area contributed by atoms with Gasteiger partial charge in [0.25, 0.3) is 5.91 Å². The lowest BCUT2D eigenvalue weighted by molar-refractivity contribution is -0.114. The molecule has 5 nitrogen and oxygen atoms in total. The Labute approximate surface area is 154 Å². The van der Waals surface area contributed by atoms with Crippen LogP contribution in [-0.2, 0) is 4.79 Å². The summed E-state index contributed by atoms with van der Waals surface area (Å²) < 4.78 is 0.796. The fourth-order valence-corrected chi connectivity index (χ4v) is 3.88. The number of nitrogens with zero attached hydrogens (tertiary/aromatic N) is 1. The zero-order chi connectivity index (χ0) is 17.1. The predicted molar refractivity (Wildman–Crippen MR) is 102 cm³/mol. The van der Waals surface area contributed by atoms with Gasteiger partial charge in [-0.1, -0.05) is 15.9 Å². The van der Waals surface area contributed by atoms with Crippen LogP contribution >= 0.6 is 38.6 Å². The van der Waals surface area contributed by atoms with E-state index in [1.807, 2.05) is 16.8 Å². The molecule has 0 radical (unpaired) electrons. The average molecular weight is 422 g/mol. The Bertz CT molecular complexity index is 891. The van der Waals surface area contributed by atoms with Crippen LogP contribution in [0, 0.1) is 0 Å². The number of carbonyl (C=O) groups excluding carboxylic acids is 2. The molecule has 0 spiro atoms. The lowest BCUT2D eigenvalue weighted by Gasteiger charge is -2.11. The number of halogens is 1. The van der Waals surface area contributed by atoms with Crippen molar-refractivity contribution in [2.24, 2.45) is 0 Å². The van der Waals surface area contributed by atoms with Crippen LogP contribution in [0.3, 0.4) is 0 Å². The molecule has 0 saturated heterocycles. The fraction of sp³-hybridized carbons (Fsp3) is 0.0625. The van der Waals surface area contributed by atoms with Gasteiger partial charge in [0, 0.05) is 27.7 Å². The van der Waals surface area contributed by atoms with Crippen molar-refractivity contribution in [1.29, 1.82) is 0 Å². The number of hydrogen-bond acceptors (Lipinski definition) is 5. The number of carbonyl (C=O) groups is 2. The van der Waals surface area contributed by atoms with Crippen molar-refractivity contribution in [2.45, 2.75) is 6.92 Å². The first kappa shape index (κ1) is 16.8. The largest absolute Gasteiger partial charge is 0.325 e. The fourth-order valence-electron chi connectivity index (χ4n) is 2.00. The highest BCUT2D eigenvalue weighted by molar-refractivity contribution is 9.10. The first-order valence-corrected chi connectivity index (χ1v) is 9.51. The highest BCUT2D eigenvalue weighted by atomic mass is 79.9. The lowest BCUT2D eigenvalue weighted by atomic mass is 10.2. The van der Waals surface area contributed by atoms with E-state index in [0.717, 1.165) is 15.0 Å².